The van der Waals surface area contributed by atoms with Crippen LogP contribution in [0.3, 0.4) is 0 Å². The number of fused-ring (bicyclic) bond motifs is 5. The van der Waals surface area contributed by atoms with Gasteiger partial charge in [-0.3, -0.25) is 14.2 Å². The molecule has 6 rings (SSSR count). The first-order valence-corrected chi connectivity index (χ1v) is 12.2. The third-order valence-electron chi connectivity index (χ3n) is 7.41. The van der Waals surface area contributed by atoms with Gasteiger partial charge in [0, 0.05) is 11.3 Å². The number of carbonyl (C=O) groups is 1. The first-order valence-electron chi connectivity index (χ1n) is 11.4. The van der Waals surface area contributed by atoms with Gasteiger partial charge >= 0.3 is 0 Å². The van der Waals surface area contributed by atoms with Crippen LogP contribution in [-0.4, -0.2) is 20.3 Å². The summed E-state index contributed by atoms with van der Waals surface area (Å²) in [5, 5.41) is 4.43. The molecule has 7 heteroatoms. The van der Waals surface area contributed by atoms with E-state index in [9.17, 15) is 9.59 Å². The number of nitrogens with one attached hydrogen (secondary N) is 1. The molecule has 6 nitrogen and oxygen atoms in total. The van der Waals surface area contributed by atoms with Gasteiger partial charge in [0.15, 0.2) is 5.78 Å². The molecule has 31 heavy (non-hydrogen) atoms. The Balaban J connectivity index is 1.50. The predicted molar refractivity (Wildman–Crippen MR) is 123 cm³/mol. The minimum atomic E-state index is -0.341. The number of hydrogen-bond acceptors (Lipinski definition) is 6. The molecule has 160 valence electrons. The lowest BCUT2D eigenvalue weighted by Gasteiger charge is -2.35. The van der Waals surface area contributed by atoms with Crippen LogP contribution in [0.5, 0.6) is 0 Å². The van der Waals surface area contributed by atoms with Crippen LogP contribution in [0.25, 0.3) is 10.2 Å². The molecule has 1 spiro atoms. The molecule has 4 heterocycles. The largest absolute Gasteiger partial charge is 0.335 e. The number of hydrogen-bond donors (Lipinski definition) is 1. The van der Waals surface area contributed by atoms with Gasteiger partial charge in [0.2, 0.25) is 0 Å². The van der Waals surface area contributed by atoms with E-state index in [4.69, 9.17) is 0 Å². The number of pyridine rings is 1. The average molecular weight is 435 g/mol. The maximum atomic E-state index is 13.7. The van der Waals surface area contributed by atoms with E-state index in [-0.39, 0.29) is 16.9 Å². The summed E-state index contributed by atoms with van der Waals surface area (Å²) in [6, 6.07) is 1.83. The smallest absolute Gasteiger partial charge is 0.275 e. The molecule has 0 unspecified atom stereocenters. The van der Waals surface area contributed by atoms with E-state index in [1.807, 2.05) is 17.6 Å². The third-order valence-corrected chi connectivity index (χ3v) is 8.61. The number of anilines is 2. The van der Waals surface area contributed by atoms with Gasteiger partial charge in [0.05, 0.1) is 16.6 Å². The van der Waals surface area contributed by atoms with Gasteiger partial charge in [0.1, 0.15) is 22.7 Å². The van der Waals surface area contributed by atoms with Gasteiger partial charge in [-0.1, -0.05) is 19.3 Å². The second-order valence-corrected chi connectivity index (χ2v) is 10.4. The molecule has 2 aliphatic carbocycles. The highest BCUT2D eigenvalue weighted by Gasteiger charge is 2.45. The molecule has 0 radical (unpaired) electrons. The van der Waals surface area contributed by atoms with Gasteiger partial charge < -0.3 is 5.32 Å². The Bertz CT molecular complexity index is 1280. The topological polar surface area (TPSA) is 76.9 Å². The van der Waals surface area contributed by atoms with E-state index in [1.54, 1.807) is 17.7 Å². The zero-order valence-corrected chi connectivity index (χ0v) is 18.6. The van der Waals surface area contributed by atoms with E-state index in [0.29, 0.717) is 23.6 Å². The van der Waals surface area contributed by atoms with Crippen LogP contribution in [0.4, 0.5) is 11.5 Å². The summed E-state index contributed by atoms with van der Waals surface area (Å²) in [7, 11) is 0. The number of nitrogens with zero attached hydrogens (tertiary/aromatic N) is 3. The normalized spacial score (nSPS) is 19.6. The van der Waals surface area contributed by atoms with Crippen LogP contribution in [0, 0.1) is 6.92 Å². The summed E-state index contributed by atoms with van der Waals surface area (Å²) in [6.45, 7) is 1.94. The fraction of sp³-hybridized carbons (Fsp3) is 0.500. The van der Waals surface area contributed by atoms with Crippen LogP contribution in [0.1, 0.15) is 77.9 Å². The standard InChI is InChI=1S/C24H26N4O2S/c1-14-11-16(23(30)28-20(14)17(29)12-24(28)9-5-2-6-10-24)27-21-19-15-7-3-4-8-18(15)31-22(19)26-13-25-21/h11,13H,2-10,12H2,1H3,(H,25,26,27). The van der Waals surface area contributed by atoms with E-state index < -0.39 is 0 Å². The molecule has 0 bridgehead atoms. The predicted octanol–water partition coefficient (Wildman–Crippen LogP) is 5.03. The lowest BCUT2D eigenvalue weighted by atomic mass is 9.80. The van der Waals surface area contributed by atoms with Gasteiger partial charge in [-0.2, -0.15) is 0 Å². The zero-order chi connectivity index (χ0) is 21.2. The molecule has 0 saturated heterocycles. The minimum Gasteiger partial charge on any atom is -0.335 e. The van der Waals surface area contributed by atoms with Crippen molar-refractivity contribution < 1.29 is 4.79 Å². The summed E-state index contributed by atoms with van der Waals surface area (Å²) in [4.78, 5) is 38.0. The Hall–Kier alpha value is -2.54. The molecule has 3 aromatic rings. The van der Waals surface area contributed by atoms with Crippen molar-refractivity contribution in [1.29, 1.82) is 0 Å². The number of aromatic nitrogens is 3. The summed E-state index contributed by atoms with van der Waals surface area (Å²) < 4.78 is 1.84. The number of ketones is 1. The SMILES string of the molecule is Cc1cc(Nc2ncnc3sc4c(c23)CCCC4)c(=O)n2c1C(=O)CC21CCCCC1. The molecule has 3 aliphatic rings. The van der Waals surface area contributed by atoms with Crippen molar-refractivity contribution in [3.05, 3.63) is 44.4 Å². The van der Waals surface area contributed by atoms with Crippen LogP contribution >= 0.6 is 11.3 Å². The molecule has 0 amide bonds. The Morgan fingerprint density at radius 3 is 2.71 bits per heavy atom. The Morgan fingerprint density at radius 1 is 1.06 bits per heavy atom. The molecule has 3 aromatic heterocycles. The molecule has 0 atom stereocenters. The summed E-state index contributed by atoms with van der Waals surface area (Å²) in [6.07, 6.45) is 11.7. The molecule has 1 saturated carbocycles. The van der Waals surface area contributed by atoms with Crippen molar-refractivity contribution in [1.82, 2.24) is 14.5 Å². The van der Waals surface area contributed by atoms with Crippen molar-refractivity contribution in [2.45, 2.75) is 76.7 Å². The monoisotopic (exact) mass is 434 g/mol. The first kappa shape index (κ1) is 19.2. The van der Waals surface area contributed by atoms with Gasteiger partial charge in [-0.15, -0.1) is 11.3 Å². The Morgan fingerprint density at radius 2 is 1.87 bits per heavy atom. The Labute approximate surface area is 184 Å². The van der Waals surface area contributed by atoms with Crippen LogP contribution in [0.15, 0.2) is 17.2 Å². The molecule has 0 aromatic carbocycles. The number of Topliss-reactive ketones (excluding diaryl/α,β-unsaturated/α-hetero) is 1. The lowest BCUT2D eigenvalue weighted by molar-refractivity contribution is 0.0950. The quantitative estimate of drug-likeness (QED) is 0.612. The fourth-order valence-corrected chi connectivity index (χ4v) is 7.25. The molecule has 1 N–H and O–H groups in total. The highest BCUT2D eigenvalue weighted by molar-refractivity contribution is 7.19. The maximum Gasteiger partial charge on any atom is 0.275 e. The molecular formula is C24H26N4O2S. The second-order valence-electron chi connectivity index (χ2n) is 9.35. The van der Waals surface area contributed by atoms with Crippen molar-refractivity contribution >= 4 is 38.8 Å². The van der Waals surface area contributed by atoms with Crippen LogP contribution in [-0.2, 0) is 18.4 Å². The summed E-state index contributed by atoms with van der Waals surface area (Å²) in [5.41, 5.74) is 2.89. The lowest BCUT2D eigenvalue weighted by Crippen LogP contribution is -2.40. The van der Waals surface area contributed by atoms with E-state index in [1.165, 1.54) is 29.7 Å². The zero-order valence-electron chi connectivity index (χ0n) is 17.8. The Kier molecular flexibility index (Phi) is 4.32. The van der Waals surface area contributed by atoms with Crippen molar-refractivity contribution in [2.75, 3.05) is 5.32 Å². The number of aryl methyl sites for hydroxylation is 3. The van der Waals surface area contributed by atoms with Crippen LogP contribution in [0.2, 0.25) is 0 Å². The molecule has 1 aliphatic heterocycles. The van der Waals surface area contributed by atoms with E-state index in [2.05, 4.69) is 15.3 Å². The van der Waals surface area contributed by atoms with Crippen molar-refractivity contribution in [3.8, 4) is 0 Å². The number of rotatable bonds is 2. The average Bonchev–Trinajstić information content (AvgIpc) is 3.28. The molecular weight excluding hydrogens is 408 g/mol. The number of carbonyl (C=O) groups excluding carboxylic acids is 1. The van der Waals surface area contributed by atoms with Crippen molar-refractivity contribution in [3.63, 3.8) is 0 Å². The van der Waals surface area contributed by atoms with Gasteiger partial charge in [-0.05, 0) is 62.6 Å². The van der Waals surface area contributed by atoms with Gasteiger partial charge in [0.25, 0.3) is 5.56 Å². The summed E-state index contributed by atoms with van der Waals surface area (Å²) >= 11 is 1.75. The van der Waals surface area contributed by atoms with E-state index >= 15 is 0 Å². The second kappa shape index (κ2) is 6.99. The first-order chi connectivity index (χ1) is 15.1. The molecule has 1 fully saturated rings. The third kappa shape index (κ3) is 2.82. The van der Waals surface area contributed by atoms with E-state index in [0.717, 1.165) is 54.3 Å². The minimum absolute atomic E-state index is 0.0933. The highest BCUT2D eigenvalue weighted by Crippen LogP contribution is 2.44. The summed E-state index contributed by atoms with van der Waals surface area (Å²) in [5.74, 6) is 0.822. The maximum absolute atomic E-state index is 13.7. The fourth-order valence-electron chi connectivity index (χ4n) is 6.02. The van der Waals surface area contributed by atoms with Gasteiger partial charge in [-0.25, -0.2) is 9.97 Å². The van der Waals surface area contributed by atoms with Crippen LogP contribution < -0.4 is 10.9 Å². The number of thiophene rings is 1. The van der Waals surface area contributed by atoms with Crippen molar-refractivity contribution in [2.24, 2.45) is 0 Å². The highest BCUT2D eigenvalue weighted by atomic mass is 32.1.